The van der Waals surface area contributed by atoms with Gasteiger partial charge >= 0.3 is 6.09 Å². The Kier molecular flexibility index (Phi) is 3.90. The minimum atomic E-state index is -0.460. The maximum absolute atomic E-state index is 11.9. The van der Waals surface area contributed by atoms with Gasteiger partial charge in [0.25, 0.3) is 0 Å². The van der Waals surface area contributed by atoms with Gasteiger partial charge in [-0.3, -0.25) is 5.10 Å². The summed E-state index contributed by atoms with van der Waals surface area (Å²) in [6, 6.07) is 7.95. The van der Waals surface area contributed by atoms with Gasteiger partial charge < -0.3 is 10.1 Å². The van der Waals surface area contributed by atoms with E-state index >= 15 is 0 Å². The molecule has 0 fully saturated rings. The number of fused-ring (bicyclic) bond motifs is 1. The number of nitrogens with zero attached hydrogens (tertiary/aromatic N) is 1. The highest BCUT2D eigenvalue weighted by atomic mass is 16.6. The molecule has 1 aliphatic rings. The second kappa shape index (κ2) is 5.99. The molecular weight excluding hydrogens is 266 g/mol. The standard InChI is InChI=1S/C16H19N3O2/c1-11-6-2-3-7-12(11)10-17-16(20)21-15-13-8-4-5-9-14(13)18-19-15/h2-3,6-7H,4-5,8-10H2,1H3,(H,17,20)(H,18,19). The van der Waals surface area contributed by atoms with Gasteiger partial charge in [0.1, 0.15) is 0 Å². The maximum atomic E-state index is 11.9. The van der Waals surface area contributed by atoms with E-state index in [-0.39, 0.29) is 0 Å². The first-order valence-corrected chi connectivity index (χ1v) is 7.30. The summed E-state index contributed by atoms with van der Waals surface area (Å²) < 4.78 is 5.32. The Morgan fingerprint density at radius 3 is 3.00 bits per heavy atom. The number of amides is 1. The van der Waals surface area contributed by atoms with Crippen LogP contribution in [0.4, 0.5) is 4.79 Å². The average Bonchev–Trinajstić information content (AvgIpc) is 2.90. The predicted molar refractivity (Wildman–Crippen MR) is 79.3 cm³/mol. The first kappa shape index (κ1) is 13.7. The van der Waals surface area contributed by atoms with Crippen LogP contribution in [0.15, 0.2) is 24.3 Å². The largest absolute Gasteiger partial charge is 0.414 e. The van der Waals surface area contributed by atoms with Crippen molar-refractivity contribution in [1.82, 2.24) is 15.5 Å². The van der Waals surface area contributed by atoms with Gasteiger partial charge in [-0.25, -0.2) is 4.79 Å². The van der Waals surface area contributed by atoms with Gasteiger partial charge in [-0.1, -0.05) is 24.3 Å². The minimum absolute atomic E-state index is 0.423. The number of benzene rings is 1. The van der Waals surface area contributed by atoms with Crippen LogP contribution >= 0.6 is 0 Å². The van der Waals surface area contributed by atoms with Crippen LogP contribution in [-0.4, -0.2) is 16.3 Å². The van der Waals surface area contributed by atoms with Crippen molar-refractivity contribution in [3.05, 3.63) is 46.6 Å². The lowest BCUT2D eigenvalue weighted by molar-refractivity contribution is 0.197. The molecule has 0 spiro atoms. The highest BCUT2D eigenvalue weighted by molar-refractivity contribution is 5.70. The Hall–Kier alpha value is -2.30. The summed E-state index contributed by atoms with van der Waals surface area (Å²) in [4.78, 5) is 11.9. The van der Waals surface area contributed by atoms with Gasteiger partial charge in [-0.05, 0) is 43.7 Å². The molecule has 0 bridgehead atoms. The van der Waals surface area contributed by atoms with Crippen molar-refractivity contribution in [3.8, 4) is 5.88 Å². The number of carbonyl (C=O) groups excluding carboxylic acids is 1. The summed E-state index contributed by atoms with van der Waals surface area (Å²) in [5, 5.41) is 9.83. The second-order valence-electron chi connectivity index (χ2n) is 5.36. The van der Waals surface area contributed by atoms with Crippen LogP contribution < -0.4 is 10.1 Å². The molecule has 0 saturated heterocycles. The SMILES string of the molecule is Cc1ccccc1CNC(=O)Oc1n[nH]c2c1CCCC2. The van der Waals surface area contributed by atoms with Gasteiger partial charge in [0.15, 0.2) is 0 Å². The Bertz CT molecular complexity index is 649. The van der Waals surface area contributed by atoms with Crippen LogP contribution in [0.3, 0.4) is 0 Å². The third kappa shape index (κ3) is 3.07. The summed E-state index contributed by atoms with van der Waals surface area (Å²) >= 11 is 0. The molecule has 1 heterocycles. The third-order valence-corrected chi connectivity index (χ3v) is 3.89. The van der Waals surface area contributed by atoms with Crippen molar-refractivity contribution in [2.75, 3.05) is 0 Å². The van der Waals surface area contributed by atoms with Crippen LogP contribution in [0.25, 0.3) is 0 Å². The lowest BCUT2D eigenvalue weighted by Gasteiger charge is -2.11. The van der Waals surface area contributed by atoms with E-state index in [0.29, 0.717) is 12.4 Å². The van der Waals surface area contributed by atoms with Crippen molar-refractivity contribution in [3.63, 3.8) is 0 Å². The third-order valence-electron chi connectivity index (χ3n) is 3.89. The van der Waals surface area contributed by atoms with Gasteiger partial charge in [0, 0.05) is 17.8 Å². The first-order chi connectivity index (χ1) is 10.2. The molecule has 0 aliphatic heterocycles. The van der Waals surface area contributed by atoms with E-state index in [4.69, 9.17) is 4.74 Å². The number of aromatic amines is 1. The highest BCUT2D eigenvalue weighted by Crippen LogP contribution is 2.26. The average molecular weight is 285 g/mol. The van der Waals surface area contributed by atoms with E-state index < -0.39 is 6.09 Å². The zero-order valence-corrected chi connectivity index (χ0v) is 12.1. The van der Waals surface area contributed by atoms with Crippen LogP contribution in [0.5, 0.6) is 5.88 Å². The number of ether oxygens (including phenoxy) is 1. The Labute approximate surface area is 123 Å². The smallest absolute Gasteiger partial charge is 0.389 e. The molecule has 1 aromatic carbocycles. The summed E-state index contributed by atoms with van der Waals surface area (Å²) in [6.07, 6.45) is 3.73. The van der Waals surface area contributed by atoms with Gasteiger partial charge in [-0.15, -0.1) is 5.10 Å². The molecule has 1 aliphatic carbocycles. The number of hydrogen-bond acceptors (Lipinski definition) is 3. The summed E-state index contributed by atoms with van der Waals surface area (Å²) in [6.45, 7) is 2.48. The summed E-state index contributed by atoms with van der Waals surface area (Å²) in [5.41, 5.74) is 4.38. The lowest BCUT2D eigenvalue weighted by Crippen LogP contribution is -2.27. The normalized spacial score (nSPS) is 13.6. The van der Waals surface area contributed by atoms with Crippen LogP contribution in [0.2, 0.25) is 0 Å². The minimum Gasteiger partial charge on any atom is -0.389 e. The van der Waals surface area contributed by atoms with Crippen molar-refractivity contribution in [1.29, 1.82) is 0 Å². The zero-order valence-electron chi connectivity index (χ0n) is 12.1. The van der Waals surface area contributed by atoms with E-state index in [1.165, 1.54) is 0 Å². The van der Waals surface area contributed by atoms with E-state index in [1.54, 1.807) is 0 Å². The molecule has 2 aromatic rings. The Morgan fingerprint density at radius 1 is 1.33 bits per heavy atom. The molecule has 0 radical (unpaired) electrons. The quantitative estimate of drug-likeness (QED) is 0.911. The molecule has 3 rings (SSSR count). The first-order valence-electron chi connectivity index (χ1n) is 7.30. The second-order valence-corrected chi connectivity index (χ2v) is 5.36. The predicted octanol–water partition coefficient (Wildman–Crippen LogP) is 2.89. The fourth-order valence-electron chi connectivity index (χ4n) is 2.63. The number of rotatable bonds is 3. The van der Waals surface area contributed by atoms with Gasteiger partial charge in [0.2, 0.25) is 5.88 Å². The van der Waals surface area contributed by atoms with Crippen molar-refractivity contribution < 1.29 is 9.53 Å². The lowest BCUT2D eigenvalue weighted by atomic mass is 9.98. The highest BCUT2D eigenvalue weighted by Gasteiger charge is 2.19. The number of aromatic nitrogens is 2. The molecule has 1 amide bonds. The summed E-state index contributed by atoms with van der Waals surface area (Å²) in [7, 11) is 0. The molecule has 21 heavy (non-hydrogen) atoms. The molecular formula is C16H19N3O2. The van der Waals surface area contributed by atoms with E-state index in [9.17, 15) is 4.79 Å². The molecule has 0 saturated carbocycles. The molecule has 0 unspecified atom stereocenters. The summed E-state index contributed by atoms with van der Waals surface area (Å²) in [5.74, 6) is 0.423. The fourth-order valence-corrected chi connectivity index (χ4v) is 2.63. The molecule has 5 nitrogen and oxygen atoms in total. The number of carbonyl (C=O) groups is 1. The van der Waals surface area contributed by atoms with Crippen LogP contribution in [0.1, 0.15) is 35.2 Å². The number of aryl methyl sites for hydroxylation is 2. The molecule has 0 atom stereocenters. The van der Waals surface area contributed by atoms with Gasteiger partial charge in [-0.2, -0.15) is 0 Å². The number of hydrogen-bond donors (Lipinski definition) is 2. The number of H-pyrrole nitrogens is 1. The monoisotopic (exact) mass is 285 g/mol. The fraction of sp³-hybridized carbons (Fsp3) is 0.375. The van der Waals surface area contributed by atoms with E-state index in [2.05, 4.69) is 15.5 Å². The van der Waals surface area contributed by atoms with E-state index in [0.717, 1.165) is 48.1 Å². The van der Waals surface area contributed by atoms with Crippen LogP contribution in [0, 0.1) is 6.92 Å². The Morgan fingerprint density at radius 2 is 2.14 bits per heavy atom. The molecule has 110 valence electrons. The van der Waals surface area contributed by atoms with E-state index in [1.807, 2.05) is 31.2 Å². The van der Waals surface area contributed by atoms with Gasteiger partial charge in [0.05, 0.1) is 0 Å². The zero-order chi connectivity index (χ0) is 14.7. The molecule has 1 aromatic heterocycles. The Balaban J connectivity index is 1.60. The maximum Gasteiger partial charge on any atom is 0.414 e. The van der Waals surface area contributed by atoms with Crippen molar-refractivity contribution in [2.24, 2.45) is 0 Å². The topological polar surface area (TPSA) is 67.0 Å². The van der Waals surface area contributed by atoms with Crippen LogP contribution in [-0.2, 0) is 19.4 Å². The van der Waals surface area contributed by atoms with Crippen molar-refractivity contribution >= 4 is 6.09 Å². The van der Waals surface area contributed by atoms with Crippen molar-refractivity contribution in [2.45, 2.75) is 39.2 Å². The molecule has 2 N–H and O–H groups in total. The molecule has 5 heteroatoms. The number of nitrogens with one attached hydrogen (secondary N) is 2.